The van der Waals surface area contributed by atoms with Gasteiger partial charge in [-0.15, -0.1) is 0 Å². The first-order valence-electron chi connectivity index (χ1n) is 7.74. The highest BCUT2D eigenvalue weighted by molar-refractivity contribution is 5.26. The summed E-state index contributed by atoms with van der Waals surface area (Å²) in [5, 5.41) is 4.23. The third kappa shape index (κ3) is 3.91. The van der Waals surface area contributed by atoms with Crippen LogP contribution in [-0.2, 0) is 11.3 Å². The average Bonchev–Trinajstić information content (AvgIpc) is 3.09. The Kier molecular flexibility index (Phi) is 5.15. The molecule has 0 aliphatic carbocycles. The van der Waals surface area contributed by atoms with Crippen LogP contribution < -0.4 is 0 Å². The molecule has 0 bridgehead atoms. The van der Waals surface area contributed by atoms with Gasteiger partial charge >= 0.3 is 0 Å². The van der Waals surface area contributed by atoms with Gasteiger partial charge in [-0.1, -0.05) is 0 Å². The maximum absolute atomic E-state index is 5.15. The third-order valence-electron chi connectivity index (χ3n) is 4.03. The highest BCUT2D eigenvalue weighted by Crippen LogP contribution is 2.11. The summed E-state index contributed by atoms with van der Waals surface area (Å²) in [7, 11) is 1.76. The molecule has 6 heteroatoms. The Morgan fingerprint density at radius 3 is 2.68 bits per heavy atom. The van der Waals surface area contributed by atoms with Gasteiger partial charge in [-0.3, -0.25) is 9.80 Å². The Hall–Kier alpha value is -1.76. The monoisotopic (exact) mass is 301 g/mol. The smallest absolute Gasteiger partial charge is 0.153 e. The average molecular weight is 301 g/mol. The lowest BCUT2D eigenvalue weighted by molar-refractivity contribution is 0.0938. The Morgan fingerprint density at radius 1 is 1.14 bits per heavy atom. The predicted molar refractivity (Wildman–Crippen MR) is 85.0 cm³/mol. The van der Waals surface area contributed by atoms with Crippen LogP contribution in [0.2, 0.25) is 0 Å². The van der Waals surface area contributed by atoms with Crippen LogP contribution in [-0.4, -0.2) is 71.0 Å². The zero-order valence-corrected chi connectivity index (χ0v) is 13.1. The number of hydrogen-bond acceptors (Lipinski definition) is 5. The molecule has 6 nitrogen and oxygen atoms in total. The van der Waals surface area contributed by atoms with E-state index in [0.29, 0.717) is 0 Å². The summed E-state index contributed by atoms with van der Waals surface area (Å²) in [5.41, 5.74) is 1.28. The molecule has 118 valence electrons. The maximum atomic E-state index is 5.15. The fourth-order valence-corrected chi connectivity index (χ4v) is 2.74. The first-order chi connectivity index (χ1) is 10.8. The fraction of sp³-hybridized carbons (Fsp3) is 0.500. The standard InChI is InChI=1S/C16H23N5O/c1-22-12-11-19-7-9-20(10-8-19)14-15-3-5-17-16(13-15)21-6-2-4-18-21/h2-6,13H,7-12,14H2,1H3. The maximum Gasteiger partial charge on any atom is 0.153 e. The summed E-state index contributed by atoms with van der Waals surface area (Å²) < 4.78 is 6.94. The van der Waals surface area contributed by atoms with Gasteiger partial charge in [0.25, 0.3) is 0 Å². The highest BCUT2D eigenvalue weighted by atomic mass is 16.5. The van der Waals surface area contributed by atoms with Crippen molar-refractivity contribution in [3.63, 3.8) is 0 Å². The molecule has 2 aromatic heterocycles. The van der Waals surface area contributed by atoms with E-state index < -0.39 is 0 Å². The molecule has 1 saturated heterocycles. The number of nitrogens with zero attached hydrogens (tertiary/aromatic N) is 5. The van der Waals surface area contributed by atoms with Gasteiger partial charge in [0.1, 0.15) is 0 Å². The van der Waals surface area contributed by atoms with Crippen LogP contribution >= 0.6 is 0 Å². The van der Waals surface area contributed by atoms with Crippen LogP contribution in [0.4, 0.5) is 0 Å². The number of rotatable bonds is 6. The molecule has 0 atom stereocenters. The van der Waals surface area contributed by atoms with Crippen LogP contribution in [0.15, 0.2) is 36.8 Å². The predicted octanol–water partition coefficient (Wildman–Crippen LogP) is 1.03. The first kappa shape index (κ1) is 15.1. The van der Waals surface area contributed by atoms with Crippen LogP contribution in [0.3, 0.4) is 0 Å². The first-order valence-corrected chi connectivity index (χ1v) is 7.74. The van der Waals surface area contributed by atoms with E-state index in [1.165, 1.54) is 5.56 Å². The van der Waals surface area contributed by atoms with E-state index in [1.807, 2.05) is 18.5 Å². The molecule has 0 radical (unpaired) electrons. The zero-order chi connectivity index (χ0) is 15.2. The van der Waals surface area contributed by atoms with E-state index in [2.05, 4.69) is 32.0 Å². The number of piperazine rings is 1. The van der Waals surface area contributed by atoms with E-state index >= 15 is 0 Å². The largest absolute Gasteiger partial charge is 0.383 e. The van der Waals surface area contributed by atoms with Gasteiger partial charge in [0.05, 0.1) is 6.61 Å². The minimum absolute atomic E-state index is 0.817. The summed E-state index contributed by atoms with van der Waals surface area (Å²) in [6.07, 6.45) is 5.55. The normalized spacial score (nSPS) is 17.0. The Balaban J connectivity index is 1.55. The van der Waals surface area contributed by atoms with Crippen molar-refractivity contribution >= 4 is 0 Å². The number of aromatic nitrogens is 3. The number of hydrogen-bond donors (Lipinski definition) is 0. The van der Waals surface area contributed by atoms with Gasteiger partial charge in [-0.2, -0.15) is 5.10 Å². The van der Waals surface area contributed by atoms with E-state index in [0.717, 1.165) is 51.7 Å². The van der Waals surface area contributed by atoms with Gasteiger partial charge in [0.15, 0.2) is 5.82 Å². The summed E-state index contributed by atoms with van der Waals surface area (Å²) >= 11 is 0. The second-order valence-corrected chi connectivity index (χ2v) is 5.58. The number of pyridine rings is 1. The van der Waals surface area contributed by atoms with Gasteiger partial charge in [0.2, 0.25) is 0 Å². The lowest BCUT2D eigenvalue weighted by atomic mass is 10.2. The van der Waals surface area contributed by atoms with Crippen LogP contribution in [0.25, 0.3) is 5.82 Å². The number of methoxy groups -OCH3 is 1. The van der Waals surface area contributed by atoms with Crippen molar-refractivity contribution < 1.29 is 4.74 Å². The van der Waals surface area contributed by atoms with Gasteiger partial charge in [0, 0.05) is 65.0 Å². The molecule has 1 aliphatic heterocycles. The van der Waals surface area contributed by atoms with E-state index in [9.17, 15) is 0 Å². The van der Waals surface area contributed by atoms with Crippen molar-refractivity contribution in [3.8, 4) is 5.82 Å². The molecule has 1 fully saturated rings. The summed E-state index contributed by atoms with van der Waals surface area (Å²) in [6, 6.07) is 6.11. The lowest BCUT2D eigenvalue weighted by Crippen LogP contribution is -2.46. The van der Waals surface area contributed by atoms with Crippen LogP contribution in [0.5, 0.6) is 0 Å². The van der Waals surface area contributed by atoms with Crippen LogP contribution in [0, 0.1) is 0 Å². The highest BCUT2D eigenvalue weighted by Gasteiger charge is 2.16. The summed E-state index contributed by atoms with van der Waals surface area (Å²) in [6.45, 7) is 7.24. The number of ether oxygens (including phenoxy) is 1. The Labute approximate surface area is 131 Å². The molecule has 0 N–H and O–H groups in total. The van der Waals surface area contributed by atoms with E-state index in [-0.39, 0.29) is 0 Å². The van der Waals surface area contributed by atoms with Gasteiger partial charge in [-0.25, -0.2) is 9.67 Å². The minimum atomic E-state index is 0.817. The molecule has 0 unspecified atom stereocenters. The van der Waals surface area contributed by atoms with E-state index in [1.54, 1.807) is 18.0 Å². The Morgan fingerprint density at radius 2 is 1.95 bits per heavy atom. The Bertz CT molecular complexity index is 564. The molecule has 3 heterocycles. The summed E-state index contributed by atoms with van der Waals surface area (Å²) in [4.78, 5) is 9.33. The van der Waals surface area contributed by atoms with Crippen molar-refractivity contribution in [1.29, 1.82) is 0 Å². The second-order valence-electron chi connectivity index (χ2n) is 5.58. The van der Waals surface area contributed by atoms with Crippen molar-refractivity contribution in [2.24, 2.45) is 0 Å². The van der Waals surface area contributed by atoms with Crippen molar-refractivity contribution in [2.45, 2.75) is 6.54 Å². The van der Waals surface area contributed by atoms with Crippen molar-refractivity contribution in [3.05, 3.63) is 42.4 Å². The SMILES string of the molecule is COCCN1CCN(Cc2ccnc(-n3cccn3)c2)CC1. The molecular weight excluding hydrogens is 278 g/mol. The minimum Gasteiger partial charge on any atom is -0.383 e. The lowest BCUT2D eigenvalue weighted by Gasteiger charge is -2.34. The molecule has 0 saturated carbocycles. The molecule has 22 heavy (non-hydrogen) atoms. The molecule has 0 spiro atoms. The zero-order valence-electron chi connectivity index (χ0n) is 13.1. The van der Waals surface area contributed by atoms with Crippen molar-refractivity contribution in [2.75, 3.05) is 46.4 Å². The third-order valence-corrected chi connectivity index (χ3v) is 4.03. The molecule has 3 rings (SSSR count). The quantitative estimate of drug-likeness (QED) is 0.797. The fourth-order valence-electron chi connectivity index (χ4n) is 2.74. The molecule has 0 aromatic carbocycles. The van der Waals surface area contributed by atoms with E-state index in [4.69, 9.17) is 4.74 Å². The molecule has 0 amide bonds. The van der Waals surface area contributed by atoms with Gasteiger partial charge in [-0.05, 0) is 23.8 Å². The topological polar surface area (TPSA) is 46.4 Å². The molecule has 2 aromatic rings. The molecular formula is C16H23N5O. The summed E-state index contributed by atoms with van der Waals surface area (Å²) in [5.74, 6) is 0.876. The second kappa shape index (κ2) is 7.49. The molecule has 1 aliphatic rings. The van der Waals surface area contributed by atoms with Crippen molar-refractivity contribution in [1.82, 2.24) is 24.6 Å². The van der Waals surface area contributed by atoms with Gasteiger partial charge < -0.3 is 4.74 Å². The van der Waals surface area contributed by atoms with Crippen LogP contribution in [0.1, 0.15) is 5.56 Å².